The topological polar surface area (TPSA) is 12.0 Å². The lowest BCUT2D eigenvalue weighted by Gasteiger charge is -2.45. The molecule has 0 aromatic carbocycles. The Hall–Kier alpha value is 0.440. The molecule has 0 aliphatic carbocycles. The molecule has 1 N–H and O–H groups in total. The zero-order valence-corrected chi connectivity index (χ0v) is 9.46. The number of piperidine rings is 1. The molecule has 2 heteroatoms. The monoisotopic (exact) mass is 219 g/mol. The number of nitrogens with one attached hydrogen (secondary N) is 1. The highest BCUT2D eigenvalue weighted by Crippen LogP contribution is 2.32. The van der Waals surface area contributed by atoms with Crippen LogP contribution >= 0.6 is 15.9 Å². The van der Waals surface area contributed by atoms with E-state index in [2.05, 4.69) is 48.9 Å². The first-order valence-electron chi connectivity index (χ1n) is 4.27. The molecular weight excluding hydrogens is 202 g/mol. The third kappa shape index (κ3) is 2.19. The van der Waals surface area contributed by atoms with Crippen molar-refractivity contribution in [2.75, 3.05) is 0 Å². The standard InChI is InChI=1S/C9H18BrN/c1-8(2)6-5-7(10)9(3,4)11-8/h7,11H,5-6H2,1-4H3. The van der Waals surface area contributed by atoms with E-state index < -0.39 is 0 Å². The van der Waals surface area contributed by atoms with Crippen LogP contribution in [0.25, 0.3) is 0 Å². The summed E-state index contributed by atoms with van der Waals surface area (Å²) in [6.07, 6.45) is 2.53. The predicted molar refractivity (Wildman–Crippen MR) is 53.2 cm³/mol. The molecule has 1 nitrogen and oxygen atoms in total. The minimum atomic E-state index is 0.238. The van der Waals surface area contributed by atoms with Gasteiger partial charge in [0.25, 0.3) is 0 Å². The predicted octanol–water partition coefficient (Wildman–Crippen LogP) is 2.69. The lowest BCUT2D eigenvalue weighted by Crippen LogP contribution is -2.60. The van der Waals surface area contributed by atoms with Gasteiger partial charge in [0.1, 0.15) is 0 Å². The Kier molecular flexibility index (Phi) is 2.37. The number of hydrogen-bond acceptors (Lipinski definition) is 1. The molecule has 1 saturated heterocycles. The summed E-state index contributed by atoms with van der Waals surface area (Å²) < 4.78 is 0. The van der Waals surface area contributed by atoms with Gasteiger partial charge in [0, 0.05) is 15.9 Å². The average molecular weight is 220 g/mol. The summed E-state index contributed by atoms with van der Waals surface area (Å²) in [7, 11) is 0. The third-order valence-electron chi connectivity index (χ3n) is 2.47. The summed E-state index contributed by atoms with van der Waals surface area (Å²) in [4.78, 5) is 0.614. The third-order valence-corrected chi connectivity index (χ3v) is 4.07. The second kappa shape index (κ2) is 2.74. The SMILES string of the molecule is CC1(C)CCC(Br)C(C)(C)N1. The van der Waals surface area contributed by atoms with Gasteiger partial charge in [-0.3, -0.25) is 0 Å². The van der Waals surface area contributed by atoms with Crippen LogP contribution in [-0.2, 0) is 0 Å². The van der Waals surface area contributed by atoms with E-state index in [9.17, 15) is 0 Å². The van der Waals surface area contributed by atoms with E-state index in [1.165, 1.54) is 12.8 Å². The quantitative estimate of drug-likeness (QED) is 0.619. The second-order valence-corrected chi connectivity index (χ2v) is 5.84. The maximum atomic E-state index is 3.70. The fourth-order valence-corrected chi connectivity index (χ4v) is 2.20. The summed E-state index contributed by atoms with van der Waals surface area (Å²) in [6.45, 7) is 9.06. The van der Waals surface area contributed by atoms with Gasteiger partial charge in [-0.25, -0.2) is 0 Å². The molecule has 0 radical (unpaired) electrons. The molecule has 0 saturated carbocycles. The normalized spacial score (nSPS) is 35.2. The van der Waals surface area contributed by atoms with Gasteiger partial charge in [-0.15, -0.1) is 0 Å². The van der Waals surface area contributed by atoms with Crippen LogP contribution in [0.15, 0.2) is 0 Å². The number of rotatable bonds is 0. The van der Waals surface area contributed by atoms with Gasteiger partial charge >= 0.3 is 0 Å². The molecule has 0 amide bonds. The summed E-state index contributed by atoms with van der Waals surface area (Å²) in [5, 5.41) is 3.63. The van der Waals surface area contributed by atoms with E-state index >= 15 is 0 Å². The molecule has 1 unspecified atom stereocenters. The van der Waals surface area contributed by atoms with Crippen LogP contribution in [0.4, 0.5) is 0 Å². The van der Waals surface area contributed by atoms with E-state index in [1.807, 2.05) is 0 Å². The highest BCUT2D eigenvalue weighted by Gasteiger charge is 2.37. The van der Waals surface area contributed by atoms with Crippen molar-refractivity contribution in [3.05, 3.63) is 0 Å². The van der Waals surface area contributed by atoms with Crippen molar-refractivity contribution in [2.24, 2.45) is 0 Å². The highest BCUT2D eigenvalue weighted by atomic mass is 79.9. The van der Waals surface area contributed by atoms with Crippen molar-refractivity contribution >= 4 is 15.9 Å². The molecule has 0 aromatic rings. The Morgan fingerprint density at radius 3 is 2.18 bits per heavy atom. The van der Waals surface area contributed by atoms with E-state index in [0.717, 1.165) is 0 Å². The van der Waals surface area contributed by atoms with Crippen molar-refractivity contribution in [3.8, 4) is 0 Å². The zero-order valence-electron chi connectivity index (χ0n) is 7.87. The molecule has 66 valence electrons. The maximum absolute atomic E-state index is 3.70. The Labute approximate surface area is 78.1 Å². The molecule has 1 aliphatic rings. The van der Waals surface area contributed by atoms with Gasteiger partial charge in [0.05, 0.1) is 0 Å². The molecule has 1 fully saturated rings. The van der Waals surface area contributed by atoms with Gasteiger partial charge in [-0.05, 0) is 40.5 Å². The molecule has 0 bridgehead atoms. The van der Waals surface area contributed by atoms with Crippen LogP contribution in [0.3, 0.4) is 0 Å². The van der Waals surface area contributed by atoms with Crippen molar-refractivity contribution in [1.82, 2.24) is 5.32 Å². The van der Waals surface area contributed by atoms with Gasteiger partial charge in [0.2, 0.25) is 0 Å². The molecule has 1 heterocycles. The number of alkyl halides is 1. The minimum Gasteiger partial charge on any atom is -0.306 e. The van der Waals surface area contributed by atoms with Gasteiger partial charge in [-0.2, -0.15) is 0 Å². The molecule has 0 spiro atoms. The van der Waals surface area contributed by atoms with E-state index in [1.54, 1.807) is 0 Å². The van der Waals surface area contributed by atoms with E-state index in [4.69, 9.17) is 0 Å². The Balaban J connectivity index is 2.67. The fraction of sp³-hybridized carbons (Fsp3) is 1.00. The van der Waals surface area contributed by atoms with Crippen LogP contribution in [0.1, 0.15) is 40.5 Å². The lowest BCUT2D eigenvalue weighted by molar-refractivity contribution is 0.193. The van der Waals surface area contributed by atoms with E-state index in [0.29, 0.717) is 10.4 Å². The summed E-state index contributed by atoms with van der Waals surface area (Å²) in [6, 6.07) is 0. The number of hydrogen-bond donors (Lipinski definition) is 1. The molecule has 1 atom stereocenters. The zero-order chi connectivity index (χ0) is 8.70. The van der Waals surface area contributed by atoms with Crippen LogP contribution in [0.2, 0.25) is 0 Å². The molecule has 11 heavy (non-hydrogen) atoms. The summed E-state index contributed by atoms with van der Waals surface area (Å²) >= 11 is 3.70. The molecule has 1 rings (SSSR count). The van der Waals surface area contributed by atoms with E-state index in [-0.39, 0.29) is 5.54 Å². The van der Waals surface area contributed by atoms with Crippen LogP contribution in [-0.4, -0.2) is 15.9 Å². The average Bonchev–Trinajstić information content (AvgIpc) is 1.77. The minimum absolute atomic E-state index is 0.238. The first-order valence-corrected chi connectivity index (χ1v) is 5.18. The Bertz CT molecular complexity index is 152. The summed E-state index contributed by atoms with van der Waals surface area (Å²) in [5.74, 6) is 0. The second-order valence-electron chi connectivity index (χ2n) is 4.74. The van der Waals surface area contributed by atoms with Gasteiger partial charge in [-0.1, -0.05) is 15.9 Å². The van der Waals surface area contributed by atoms with Crippen LogP contribution in [0.5, 0.6) is 0 Å². The molecule has 0 aromatic heterocycles. The van der Waals surface area contributed by atoms with Crippen molar-refractivity contribution in [3.63, 3.8) is 0 Å². The number of halogens is 1. The highest BCUT2D eigenvalue weighted by molar-refractivity contribution is 9.09. The van der Waals surface area contributed by atoms with Crippen molar-refractivity contribution < 1.29 is 0 Å². The first-order chi connectivity index (χ1) is 4.83. The first kappa shape index (κ1) is 9.53. The molecule has 1 aliphatic heterocycles. The summed E-state index contributed by atoms with van der Waals surface area (Å²) in [5.41, 5.74) is 0.551. The van der Waals surface area contributed by atoms with Crippen molar-refractivity contribution in [2.45, 2.75) is 56.4 Å². The van der Waals surface area contributed by atoms with Crippen LogP contribution < -0.4 is 5.32 Å². The largest absolute Gasteiger partial charge is 0.306 e. The Morgan fingerprint density at radius 2 is 1.82 bits per heavy atom. The lowest BCUT2D eigenvalue weighted by atomic mass is 9.83. The van der Waals surface area contributed by atoms with Crippen LogP contribution in [0, 0.1) is 0 Å². The van der Waals surface area contributed by atoms with Gasteiger partial charge < -0.3 is 5.32 Å². The van der Waals surface area contributed by atoms with Crippen molar-refractivity contribution in [1.29, 1.82) is 0 Å². The smallest absolute Gasteiger partial charge is 0.0323 e. The molecular formula is C9H18BrN. The Morgan fingerprint density at radius 1 is 1.27 bits per heavy atom. The van der Waals surface area contributed by atoms with Gasteiger partial charge in [0.15, 0.2) is 0 Å². The fourth-order valence-electron chi connectivity index (χ4n) is 1.86. The maximum Gasteiger partial charge on any atom is 0.0323 e.